The predicted octanol–water partition coefficient (Wildman–Crippen LogP) is 2.22. The monoisotopic (exact) mass is 336 g/mol. The average molecular weight is 337 g/mol. The van der Waals surface area contributed by atoms with Gasteiger partial charge in [-0.2, -0.15) is 0 Å². The highest BCUT2D eigenvalue weighted by molar-refractivity contribution is 7.09. The minimum Gasteiger partial charge on any atom is -0.367 e. The number of para-hydroxylation sites is 1. The van der Waals surface area contributed by atoms with Gasteiger partial charge < -0.3 is 15.5 Å². The molecular weight excluding hydrogens is 320 g/mol. The van der Waals surface area contributed by atoms with Gasteiger partial charge in [-0.25, -0.2) is 4.98 Å². The van der Waals surface area contributed by atoms with Crippen LogP contribution in [0.3, 0.4) is 0 Å². The third kappa shape index (κ3) is 3.09. The highest BCUT2D eigenvalue weighted by Crippen LogP contribution is 2.26. The molecule has 1 aliphatic heterocycles. The Morgan fingerprint density at radius 1 is 1.27 bits per heavy atom. The molecule has 7 heteroatoms. The van der Waals surface area contributed by atoms with Crippen molar-refractivity contribution in [3.8, 4) is 0 Å². The number of aromatic nitrogens is 1. The number of thiazole rings is 1. The molecule has 1 aromatic heterocycles. The SMILES string of the molecule is NCc1nc(C(=O)N2CCN(c3ccccc3Cl)CC2)cs1. The molecule has 3 rings (SSSR count). The van der Waals surface area contributed by atoms with Gasteiger partial charge in [0.15, 0.2) is 0 Å². The molecule has 116 valence electrons. The van der Waals surface area contributed by atoms with Crippen LogP contribution in [0.2, 0.25) is 5.02 Å². The Balaban J connectivity index is 1.64. The summed E-state index contributed by atoms with van der Waals surface area (Å²) in [6, 6.07) is 7.79. The van der Waals surface area contributed by atoms with Gasteiger partial charge in [-0.15, -0.1) is 11.3 Å². The molecule has 0 radical (unpaired) electrons. The van der Waals surface area contributed by atoms with Crippen LogP contribution in [0.1, 0.15) is 15.5 Å². The topological polar surface area (TPSA) is 62.5 Å². The molecule has 1 amide bonds. The number of nitrogens with zero attached hydrogens (tertiary/aromatic N) is 3. The lowest BCUT2D eigenvalue weighted by Crippen LogP contribution is -2.49. The lowest BCUT2D eigenvalue weighted by molar-refractivity contribution is 0.0741. The smallest absolute Gasteiger partial charge is 0.273 e. The molecule has 1 aliphatic rings. The van der Waals surface area contributed by atoms with E-state index in [0.29, 0.717) is 25.3 Å². The second-order valence-electron chi connectivity index (χ2n) is 5.06. The van der Waals surface area contributed by atoms with Gasteiger partial charge in [0.25, 0.3) is 5.91 Å². The number of halogens is 1. The van der Waals surface area contributed by atoms with E-state index in [1.54, 1.807) is 5.38 Å². The number of anilines is 1. The third-order valence-electron chi connectivity index (χ3n) is 3.71. The maximum atomic E-state index is 12.4. The highest BCUT2D eigenvalue weighted by atomic mass is 35.5. The van der Waals surface area contributed by atoms with Crippen molar-refractivity contribution in [3.05, 3.63) is 45.4 Å². The Morgan fingerprint density at radius 2 is 2.00 bits per heavy atom. The van der Waals surface area contributed by atoms with E-state index in [2.05, 4.69) is 9.88 Å². The Labute approximate surface area is 138 Å². The van der Waals surface area contributed by atoms with Crippen LogP contribution < -0.4 is 10.6 Å². The highest BCUT2D eigenvalue weighted by Gasteiger charge is 2.24. The van der Waals surface area contributed by atoms with Gasteiger partial charge >= 0.3 is 0 Å². The molecule has 0 atom stereocenters. The zero-order valence-electron chi connectivity index (χ0n) is 12.0. The van der Waals surface area contributed by atoms with Crippen molar-refractivity contribution >= 4 is 34.5 Å². The summed E-state index contributed by atoms with van der Waals surface area (Å²) < 4.78 is 0. The fourth-order valence-electron chi connectivity index (χ4n) is 2.52. The summed E-state index contributed by atoms with van der Waals surface area (Å²) in [5.41, 5.74) is 7.06. The van der Waals surface area contributed by atoms with Crippen LogP contribution in [-0.2, 0) is 6.54 Å². The minimum absolute atomic E-state index is 0.0187. The Hall–Kier alpha value is -1.63. The number of hydrogen-bond donors (Lipinski definition) is 1. The van der Waals surface area contributed by atoms with Crippen LogP contribution >= 0.6 is 22.9 Å². The molecule has 0 bridgehead atoms. The molecule has 0 unspecified atom stereocenters. The summed E-state index contributed by atoms with van der Waals surface area (Å²) in [5, 5.41) is 3.32. The Morgan fingerprint density at radius 3 is 2.64 bits per heavy atom. The molecule has 0 spiro atoms. The maximum Gasteiger partial charge on any atom is 0.273 e. The van der Waals surface area contributed by atoms with E-state index in [1.807, 2.05) is 29.2 Å². The normalized spacial score (nSPS) is 15.2. The van der Waals surface area contributed by atoms with Gasteiger partial charge in [0.05, 0.1) is 10.7 Å². The number of carbonyl (C=O) groups excluding carboxylic acids is 1. The summed E-state index contributed by atoms with van der Waals surface area (Å²) in [6.07, 6.45) is 0. The summed E-state index contributed by atoms with van der Waals surface area (Å²) in [5.74, 6) is -0.0187. The summed E-state index contributed by atoms with van der Waals surface area (Å²) in [6.45, 7) is 3.24. The van der Waals surface area contributed by atoms with Gasteiger partial charge in [-0.05, 0) is 12.1 Å². The Bertz CT molecular complexity index is 667. The van der Waals surface area contributed by atoms with Gasteiger partial charge in [0.1, 0.15) is 10.7 Å². The van der Waals surface area contributed by atoms with E-state index >= 15 is 0 Å². The number of amides is 1. The largest absolute Gasteiger partial charge is 0.367 e. The van der Waals surface area contributed by atoms with Crippen LogP contribution in [0.15, 0.2) is 29.6 Å². The van der Waals surface area contributed by atoms with Crippen molar-refractivity contribution in [1.29, 1.82) is 0 Å². The lowest BCUT2D eigenvalue weighted by atomic mass is 10.2. The molecule has 2 aromatic rings. The fourth-order valence-corrected chi connectivity index (χ4v) is 3.43. The van der Waals surface area contributed by atoms with Crippen molar-refractivity contribution in [3.63, 3.8) is 0 Å². The molecule has 2 heterocycles. The summed E-state index contributed by atoms with van der Waals surface area (Å²) in [4.78, 5) is 20.7. The van der Waals surface area contributed by atoms with E-state index < -0.39 is 0 Å². The van der Waals surface area contributed by atoms with Crippen molar-refractivity contribution in [2.24, 2.45) is 5.73 Å². The molecule has 0 aliphatic carbocycles. The zero-order chi connectivity index (χ0) is 15.5. The third-order valence-corrected chi connectivity index (χ3v) is 4.90. The molecular formula is C15H17ClN4OS. The quantitative estimate of drug-likeness (QED) is 0.933. The lowest BCUT2D eigenvalue weighted by Gasteiger charge is -2.36. The Kier molecular flexibility index (Phi) is 4.61. The van der Waals surface area contributed by atoms with Gasteiger partial charge in [-0.3, -0.25) is 4.79 Å². The first-order chi connectivity index (χ1) is 10.7. The summed E-state index contributed by atoms with van der Waals surface area (Å²) >= 11 is 7.66. The van der Waals surface area contributed by atoms with E-state index in [9.17, 15) is 4.79 Å². The predicted molar refractivity (Wildman–Crippen MR) is 89.6 cm³/mol. The van der Waals surface area contributed by atoms with Crippen LogP contribution in [0, 0.1) is 0 Å². The van der Waals surface area contributed by atoms with Crippen molar-refractivity contribution in [1.82, 2.24) is 9.88 Å². The second kappa shape index (κ2) is 6.64. The first-order valence-electron chi connectivity index (χ1n) is 7.12. The van der Waals surface area contributed by atoms with Gasteiger partial charge in [0.2, 0.25) is 0 Å². The van der Waals surface area contributed by atoms with Crippen molar-refractivity contribution < 1.29 is 4.79 Å². The van der Waals surface area contributed by atoms with Crippen LogP contribution in [0.4, 0.5) is 5.69 Å². The number of benzene rings is 1. The van der Waals surface area contributed by atoms with Gasteiger partial charge in [0, 0.05) is 38.1 Å². The van der Waals surface area contributed by atoms with E-state index in [1.165, 1.54) is 11.3 Å². The van der Waals surface area contributed by atoms with E-state index in [-0.39, 0.29) is 5.91 Å². The van der Waals surface area contributed by atoms with Crippen LogP contribution in [0.5, 0.6) is 0 Å². The molecule has 1 aromatic carbocycles. The molecule has 1 fully saturated rings. The minimum atomic E-state index is -0.0187. The number of nitrogens with two attached hydrogens (primary N) is 1. The molecule has 0 saturated carbocycles. The number of carbonyl (C=O) groups is 1. The van der Waals surface area contributed by atoms with Crippen LogP contribution in [0.25, 0.3) is 0 Å². The van der Waals surface area contributed by atoms with Crippen molar-refractivity contribution in [2.45, 2.75) is 6.54 Å². The first kappa shape index (κ1) is 15.3. The standard InChI is InChI=1S/C15H17ClN4OS/c16-11-3-1-2-4-13(11)19-5-7-20(8-6-19)15(21)12-10-22-14(9-17)18-12/h1-4,10H,5-9,17H2. The molecule has 1 saturated heterocycles. The fraction of sp³-hybridized carbons (Fsp3) is 0.333. The number of rotatable bonds is 3. The molecule has 2 N–H and O–H groups in total. The summed E-state index contributed by atoms with van der Waals surface area (Å²) in [7, 11) is 0. The van der Waals surface area contributed by atoms with Crippen molar-refractivity contribution in [2.75, 3.05) is 31.1 Å². The molecule has 5 nitrogen and oxygen atoms in total. The zero-order valence-corrected chi connectivity index (χ0v) is 13.6. The maximum absolute atomic E-state index is 12.4. The van der Waals surface area contributed by atoms with E-state index in [4.69, 9.17) is 17.3 Å². The number of hydrogen-bond acceptors (Lipinski definition) is 5. The molecule has 22 heavy (non-hydrogen) atoms. The number of piperazine rings is 1. The van der Waals surface area contributed by atoms with E-state index in [0.717, 1.165) is 28.8 Å². The second-order valence-corrected chi connectivity index (χ2v) is 6.41. The van der Waals surface area contributed by atoms with Gasteiger partial charge in [-0.1, -0.05) is 23.7 Å². The van der Waals surface area contributed by atoms with Crippen LogP contribution in [-0.4, -0.2) is 42.0 Å². The first-order valence-corrected chi connectivity index (χ1v) is 8.38. The average Bonchev–Trinajstić information content (AvgIpc) is 3.04.